The molecule has 190 valence electrons. The molecule has 0 radical (unpaired) electrons. The number of hydrogen-bond acceptors (Lipinski definition) is 2. The van der Waals surface area contributed by atoms with Crippen LogP contribution in [0.4, 0.5) is 10.5 Å². The molecule has 0 spiro atoms. The number of anilines is 1. The Balaban J connectivity index is 1.53. The fourth-order valence-electron chi connectivity index (χ4n) is 5.35. The maximum absolute atomic E-state index is 14.0. The molecule has 0 saturated carbocycles. The van der Waals surface area contributed by atoms with Crippen molar-refractivity contribution in [2.45, 2.75) is 39.8 Å². The second-order valence-corrected chi connectivity index (χ2v) is 9.86. The van der Waals surface area contributed by atoms with Crippen LogP contribution in [0.5, 0.6) is 0 Å². The van der Waals surface area contributed by atoms with Gasteiger partial charge in [-0.05, 0) is 73.4 Å². The van der Waals surface area contributed by atoms with Gasteiger partial charge in [0.15, 0.2) is 0 Å². The number of nitrogens with zero attached hydrogens (tertiary/aromatic N) is 4. The monoisotopic (exact) mass is 501 g/mol. The Kier molecular flexibility index (Phi) is 6.08. The third kappa shape index (κ3) is 4.18. The lowest BCUT2D eigenvalue weighted by Gasteiger charge is -2.31. The molecule has 1 N–H and O–H groups in total. The molecule has 3 aromatic carbocycles. The molecule has 1 aliphatic heterocycles. The molecule has 6 heteroatoms. The first-order valence-electron chi connectivity index (χ1n) is 13.1. The zero-order valence-electron chi connectivity index (χ0n) is 21.9. The van der Waals surface area contributed by atoms with Gasteiger partial charge in [-0.3, -0.25) is 0 Å². The minimum atomic E-state index is -0.281. The topological polar surface area (TPSA) is 55.1 Å². The average Bonchev–Trinajstić information content (AvgIpc) is 3.49. The first-order valence-corrected chi connectivity index (χ1v) is 13.1. The Labute approximate surface area is 223 Å². The summed E-state index contributed by atoms with van der Waals surface area (Å²) in [5.41, 5.74) is 8.16. The van der Waals surface area contributed by atoms with Crippen LogP contribution in [-0.2, 0) is 13.0 Å². The van der Waals surface area contributed by atoms with Gasteiger partial charge in [-0.2, -0.15) is 5.10 Å². The summed E-state index contributed by atoms with van der Waals surface area (Å²) >= 11 is 0. The number of benzene rings is 3. The number of rotatable bonds is 4. The van der Waals surface area contributed by atoms with Crippen molar-refractivity contribution in [2.24, 2.45) is 0 Å². The number of hydrogen-bond donors (Lipinski definition) is 1. The third-order valence-corrected chi connectivity index (χ3v) is 7.32. The lowest BCUT2D eigenvalue weighted by Crippen LogP contribution is -2.38. The fraction of sp³-hybridized carbons (Fsp3) is 0.188. The summed E-state index contributed by atoms with van der Waals surface area (Å²) in [6.07, 6.45) is 3.04. The van der Waals surface area contributed by atoms with Crippen LogP contribution in [-0.4, -0.2) is 25.3 Å². The van der Waals surface area contributed by atoms with Crippen LogP contribution in [0.15, 0.2) is 97.2 Å². The Morgan fingerprint density at radius 3 is 2.47 bits per heavy atom. The average molecular weight is 502 g/mol. The van der Waals surface area contributed by atoms with E-state index >= 15 is 0 Å². The number of aromatic nitrogens is 3. The van der Waals surface area contributed by atoms with Crippen LogP contribution in [0, 0.1) is 13.8 Å². The van der Waals surface area contributed by atoms with Gasteiger partial charge in [-0.25, -0.2) is 9.48 Å². The number of urea groups is 1. The summed E-state index contributed by atoms with van der Waals surface area (Å²) in [6.45, 7) is 6.63. The summed E-state index contributed by atoms with van der Waals surface area (Å²) in [5, 5.41) is 8.09. The van der Waals surface area contributed by atoms with Gasteiger partial charge in [0, 0.05) is 17.4 Å². The molecule has 3 heterocycles. The van der Waals surface area contributed by atoms with Gasteiger partial charge in [-0.15, -0.1) is 0 Å². The lowest BCUT2D eigenvalue weighted by molar-refractivity contribution is 0.194. The van der Waals surface area contributed by atoms with E-state index in [0.717, 1.165) is 51.7 Å². The molecular formula is C32H31N5O. The second-order valence-electron chi connectivity index (χ2n) is 9.86. The smallest absolute Gasteiger partial charge is 0.308 e. The molecule has 0 unspecified atom stereocenters. The number of para-hydroxylation sites is 1. The molecule has 2 aromatic heterocycles. The molecular weight excluding hydrogens is 470 g/mol. The predicted molar refractivity (Wildman–Crippen MR) is 151 cm³/mol. The molecule has 0 fully saturated rings. The van der Waals surface area contributed by atoms with Crippen LogP contribution in [0.2, 0.25) is 0 Å². The van der Waals surface area contributed by atoms with Crippen LogP contribution in [0.3, 0.4) is 0 Å². The highest BCUT2D eigenvalue weighted by atomic mass is 16.2. The third-order valence-electron chi connectivity index (χ3n) is 7.32. The highest BCUT2D eigenvalue weighted by Gasteiger charge is 2.36. The normalized spacial score (nSPS) is 14.5. The van der Waals surface area contributed by atoms with Gasteiger partial charge in [0.05, 0.1) is 29.7 Å². The first kappa shape index (κ1) is 23.8. The number of fused-ring (bicyclic) bond motifs is 3. The molecule has 1 aliphatic rings. The van der Waals surface area contributed by atoms with Crippen molar-refractivity contribution in [1.82, 2.24) is 19.2 Å². The number of carbonyl (C=O) groups excluding carboxylic acids is 1. The van der Waals surface area contributed by atoms with Gasteiger partial charge in [0.25, 0.3) is 0 Å². The summed E-state index contributed by atoms with van der Waals surface area (Å²) in [4.78, 5) is 16.0. The van der Waals surface area contributed by atoms with Gasteiger partial charge < -0.3 is 14.8 Å². The lowest BCUT2D eigenvalue weighted by atomic mass is 9.99. The van der Waals surface area contributed by atoms with E-state index in [4.69, 9.17) is 5.10 Å². The SMILES string of the molecule is CCc1ccc([C@H]2c3cccn3-c3c(c(C)nn3-c3ccccc3)CN2C(=O)Nc2cccc(C)c2)cc1. The minimum Gasteiger partial charge on any atom is -0.308 e. The van der Waals surface area contributed by atoms with Crippen molar-refractivity contribution in [2.75, 3.05) is 5.32 Å². The molecule has 6 rings (SSSR count). The molecule has 2 amide bonds. The molecule has 38 heavy (non-hydrogen) atoms. The van der Waals surface area contributed by atoms with Crippen LogP contribution in [0.1, 0.15) is 46.6 Å². The Bertz CT molecular complexity index is 1600. The van der Waals surface area contributed by atoms with Crippen molar-refractivity contribution in [1.29, 1.82) is 0 Å². The van der Waals surface area contributed by atoms with E-state index in [1.165, 1.54) is 5.56 Å². The molecule has 5 aromatic rings. The highest BCUT2D eigenvalue weighted by molar-refractivity contribution is 5.90. The summed E-state index contributed by atoms with van der Waals surface area (Å²) in [5.74, 6) is 0.967. The Morgan fingerprint density at radius 1 is 0.947 bits per heavy atom. The Hall–Kier alpha value is -4.58. The zero-order chi connectivity index (χ0) is 26.2. The van der Waals surface area contributed by atoms with E-state index in [2.05, 4.69) is 65.5 Å². The molecule has 0 bridgehead atoms. The molecule has 0 aliphatic carbocycles. The summed E-state index contributed by atoms with van der Waals surface area (Å²) in [7, 11) is 0. The maximum Gasteiger partial charge on any atom is 0.322 e. The molecule has 6 nitrogen and oxygen atoms in total. The summed E-state index contributed by atoms with van der Waals surface area (Å²) < 4.78 is 4.19. The number of amides is 2. The van der Waals surface area contributed by atoms with Crippen molar-refractivity contribution >= 4 is 11.7 Å². The van der Waals surface area contributed by atoms with Crippen LogP contribution < -0.4 is 5.32 Å². The van der Waals surface area contributed by atoms with E-state index in [0.29, 0.717) is 6.54 Å². The van der Waals surface area contributed by atoms with E-state index in [1.54, 1.807) is 0 Å². The standard InChI is InChI=1S/C32H31N5O/c1-4-24-15-17-25(18-16-24)30-29-14-9-19-35(29)31-28(23(3)34-37(31)27-12-6-5-7-13-27)21-36(30)32(38)33-26-11-8-10-22(2)20-26/h5-20,30H,4,21H2,1-3H3,(H,33,38)/t30-/m0/s1. The largest absolute Gasteiger partial charge is 0.322 e. The summed E-state index contributed by atoms with van der Waals surface area (Å²) in [6, 6.07) is 30.4. The maximum atomic E-state index is 14.0. The van der Waals surface area contributed by atoms with E-state index in [1.807, 2.05) is 72.0 Å². The first-order chi connectivity index (χ1) is 18.5. The minimum absolute atomic E-state index is 0.146. The zero-order valence-corrected chi connectivity index (χ0v) is 21.9. The van der Waals surface area contributed by atoms with Gasteiger partial charge in [0.1, 0.15) is 5.82 Å². The van der Waals surface area contributed by atoms with Crippen LogP contribution >= 0.6 is 0 Å². The number of carbonyl (C=O) groups is 1. The van der Waals surface area contributed by atoms with Crippen molar-refractivity contribution in [3.05, 3.63) is 131 Å². The Morgan fingerprint density at radius 2 is 1.74 bits per heavy atom. The highest BCUT2D eigenvalue weighted by Crippen LogP contribution is 2.38. The van der Waals surface area contributed by atoms with Crippen molar-refractivity contribution in [3.8, 4) is 11.5 Å². The molecule has 0 saturated heterocycles. The van der Waals surface area contributed by atoms with Gasteiger partial charge >= 0.3 is 6.03 Å². The number of nitrogens with one attached hydrogen (secondary N) is 1. The number of aryl methyl sites for hydroxylation is 3. The van der Waals surface area contributed by atoms with E-state index in [-0.39, 0.29) is 12.1 Å². The quantitative estimate of drug-likeness (QED) is 0.289. The second kappa shape index (κ2) is 9.71. The molecule has 1 atom stereocenters. The van der Waals surface area contributed by atoms with Gasteiger partial charge in [-0.1, -0.05) is 61.5 Å². The van der Waals surface area contributed by atoms with Crippen molar-refractivity contribution < 1.29 is 4.79 Å². The van der Waals surface area contributed by atoms with Gasteiger partial charge in [0.2, 0.25) is 0 Å². The fourth-order valence-corrected chi connectivity index (χ4v) is 5.35. The van der Waals surface area contributed by atoms with E-state index in [9.17, 15) is 4.79 Å². The van der Waals surface area contributed by atoms with Crippen molar-refractivity contribution in [3.63, 3.8) is 0 Å². The van der Waals surface area contributed by atoms with Crippen LogP contribution in [0.25, 0.3) is 11.5 Å². The van der Waals surface area contributed by atoms with E-state index < -0.39 is 0 Å². The predicted octanol–water partition coefficient (Wildman–Crippen LogP) is 6.98.